The number of benzene rings is 2. The van der Waals surface area contributed by atoms with Crippen molar-refractivity contribution in [1.82, 2.24) is 9.80 Å². The Balaban J connectivity index is 1.41. The molecular formula is C30H32Cl2N2O4. The van der Waals surface area contributed by atoms with Crippen LogP contribution in [-0.2, 0) is 32.6 Å². The fourth-order valence-electron chi connectivity index (χ4n) is 7.92. The Labute approximate surface area is 233 Å². The van der Waals surface area contributed by atoms with Crippen LogP contribution >= 0.6 is 23.2 Å². The van der Waals surface area contributed by atoms with Gasteiger partial charge in [0.25, 0.3) is 0 Å². The first kappa shape index (κ1) is 25.7. The van der Waals surface area contributed by atoms with Crippen LogP contribution in [0.1, 0.15) is 42.9 Å². The molecule has 4 aliphatic rings. The average molecular weight is 556 g/mol. The number of likely N-dealkylation sites (tertiary alicyclic amines) is 1. The van der Waals surface area contributed by atoms with Gasteiger partial charge in [0.1, 0.15) is 17.5 Å². The van der Waals surface area contributed by atoms with E-state index in [1.807, 2.05) is 36.2 Å². The minimum atomic E-state index is -0.728. The second-order valence-corrected chi connectivity index (χ2v) is 11.9. The van der Waals surface area contributed by atoms with Crippen LogP contribution in [0.3, 0.4) is 0 Å². The molecule has 2 fully saturated rings. The van der Waals surface area contributed by atoms with E-state index >= 15 is 0 Å². The van der Waals surface area contributed by atoms with E-state index in [0.29, 0.717) is 22.9 Å². The van der Waals surface area contributed by atoms with Crippen LogP contribution in [0.4, 0.5) is 0 Å². The lowest BCUT2D eigenvalue weighted by atomic mass is 9.48. The Morgan fingerprint density at radius 2 is 2.05 bits per heavy atom. The molecular weight excluding hydrogens is 523 g/mol. The molecule has 5 atom stereocenters. The summed E-state index contributed by atoms with van der Waals surface area (Å²) in [6.45, 7) is 7.07. The SMILES string of the molecule is C=CCN1CC[C@]23c4c5cccc4O[C@H]2[C@@H](N(C)C(=O)Cc2ccc(Cl)c(Cl)c2)CC[C@@]3(OC(C)=O)[C@H]1C5. The number of esters is 1. The topological polar surface area (TPSA) is 59.1 Å². The predicted molar refractivity (Wildman–Crippen MR) is 147 cm³/mol. The second kappa shape index (κ2) is 9.29. The Bertz CT molecular complexity index is 1330. The van der Waals surface area contributed by atoms with Gasteiger partial charge in [-0.3, -0.25) is 14.5 Å². The Kier molecular flexibility index (Phi) is 6.29. The maximum atomic E-state index is 13.6. The smallest absolute Gasteiger partial charge is 0.303 e. The van der Waals surface area contributed by atoms with E-state index in [2.05, 4.69) is 17.5 Å². The minimum absolute atomic E-state index is 0.0130. The first-order valence-electron chi connectivity index (χ1n) is 13.2. The highest BCUT2D eigenvalue weighted by atomic mass is 35.5. The molecule has 8 heteroatoms. The lowest BCUT2D eigenvalue weighted by molar-refractivity contribution is -0.222. The first-order valence-corrected chi connectivity index (χ1v) is 14.0. The molecule has 200 valence electrons. The van der Waals surface area contributed by atoms with Crippen LogP contribution in [0, 0.1) is 0 Å². The molecule has 6 nitrogen and oxygen atoms in total. The molecule has 2 bridgehead atoms. The van der Waals surface area contributed by atoms with Crippen LogP contribution in [0.15, 0.2) is 49.1 Å². The average Bonchev–Trinajstić information content (AvgIpc) is 3.22. The number of rotatable bonds is 6. The number of halogens is 2. The zero-order valence-electron chi connectivity index (χ0n) is 21.7. The summed E-state index contributed by atoms with van der Waals surface area (Å²) in [5, 5.41) is 0.899. The zero-order valence-corrected chi connectivity index (χ0v) is 23.2. The maximum absolute atomic E-state index is 13.6. The number of hydrogen-bond acceptors (Lipinski definition) is 5. The summed E-state index contributed by atoms with van der Waals surface area (Å²) in [7, 11) is 1.86. The van der Waals surface area contributed by atoms with Crippen molar-refractivity contribution in [2.75, 3.05) is 20.1 Å². The quantitative estimate of drug-likeness (QED) is 0.372. The molecule has 1 saturated carbocycles. The van der Waals surface area contributed by atoms with Gasteiger partial charge in [0.05, 0.1) is 34.0 Å². The van der Waals surface area contributed by atoms with Gasteiger partial charge in [-0.25, -0.2) is 0 Å². The van der Waals surface area contributed by atoms with E-state index in [9.17, 15) is 9.59 Å². The molecule has 2 aliphatic heterocycles. The van der Waals surface area contributed by atoms with Gasteiger partial charge >= 0.3 is 5.97 Å². The van der Waals surface area contributed by atoms with E-state index in [4.69, 9.17) is 32.7 Å². The van der Waals surface area contributed by atoms with Crippen LogP contribution in [0.2, 0.25) is 10.0 Å². The molecule has 6 rings (SSSR count). The third kappa shape index (κ3) is 3.56. The van der Waals surface area contributed by atoms with Gasteiger partial charge in [0, 0.05) is 32.6 Å². The fourth-order valence-corrected chi connectivity index (χ4v) is 8.24. The van der Waals surface area contributed by atoms with Crippen molar-refractivity contribution in [2.24, 2.45) is 0 Å². The van der Waals surface area contributed by atoms with Gasteiger partial charge in [-0.1, -0.05) is 47.5 Å². The van der Waals surface area contributed by atoms with Gasteiger partial charge in [0.2, 0.25) is 5.91 Å². The van der Waals surface area contributed by atoms with Crippen molar-refractivity contribution in [3.8, 4) is 5.75 Å². The second-order valence-electron chi connectivity index (χ2n) is 11.1. The standard InChI is InChI=1S/C30H32Cl2N2O4/c1-4-13-34-14-12-29-27-20-6-5-7-24(27)37-28(29)23(10-11-30(29,25(34)17-20)38-18(2)35)33(3)26(36)16-19-8-9-21(31)22(32)15-19/h4-9,15,23,25,28H,1,10-14,16-17H2,2-3H3/t23-,25+,28-,29-,30+/m0/s1. The molecule has 2 aromatic rings. The van der Waals surface area contributed by atoms with Gasteiger partial charge in [-0.15, -0.1) is 6.58 Å². The van der Waals surface area contributed by atoms with E-state index in [1.54, 1.807) is 12.1 Å². The lowest BCUT2D eigenvalue weighted by Gasteiger charge is -2.65. The summed E-state index contributed by atoms with van der Waals surface area (Å²) < 4.78 is 13.2. The van der Waals surface area contributed by atoms with E-state index in [0.717, 1.165) is 37.2 Å². The summed E-state index contributed by atoms with van der Waals surface area (Å²) in [5.74, 6) is 0.571. The van der Waals surface area contributed by atoms with Crippen LogP contribution < -0.4 is 4.74 Å². The summed E-state index contributed by atoms with van der Waals surface area (Å²) in [6, 6.07) is 11.4. The van der Waals surface area contributed by atoms with Gasteiger partial charge in [-0.05, 0) is 55.0 Å². The number of piperidine rings is 1. The Morgan fingerprint density at radius 3 is 2.79 bits per heavy atom. The Hall–Kier alpha value is -2.54. The van der Waals surface area contributed by atoms with Crippen LogP contribution in [-0.4, -0.2) is 65.6 Å². The number of carbonyl (C=O) groups is 2. The highest BCUT2D eigenvalue weighted by Gasteiger charge is 2.75. The first-order chi connectivity index (χ1) is 18.2. The highest BCUT2D eigenvalue weighted by molar-refractivity contribution is 6.42. The van der Waals surface area contributed by atoms with Crippen molar-refractivity contribution in [1.29, 1.82) is 0 Å². The number of nitrogens with zero attached hydrogens (tertiary/aromatic N) is 2. The third-order valence-electron chi connectivity index (χ3n) is 9.32. The summed E-state index contributed by atoms with van der Waals surface area (Å²) in [4.78, 5) is 30.5. The molecule has 2 heterocycles. The highest BCUT2D eigenvalue weighted by Crippen LogP contribution is 2.65. The van der Waals surface area contributed by atoms with Gasteiger partial charge < -0.3 is 14.4 Å². The zero-order chi connectivity index (χ0) is 26.8. The molecule has 38 heavy (non-hydrogen) atoms. The monoisotopic (exact) mass is 554 g/mol. The summed E-state index contributed by atoms with van der Waals surface area (Å²) in [6.07, 6.45) is 4.73. The molecule has 0 unspecified atom stereocenters. The van der Waals surface area contributed by atoms with E-state index in [1.165, 1.54) is 18.1 Å². The van der Waals surface area contributed by atoms with Crippen molar-refractivity contribution in [2.45, 2.75) is 68.2 Å². The minimum Gasteiger partial charge on any atom is -0.487 e. The molecule has 0 radical (unpaired) electrons. The van der Waals surface area contributed by atoms with Crippen molar-refractivity contribution in [3.05, 3.63) is 75.8 Å². The number of amides is 1. The molecule has 0 aromatic heterocycles. The molecule has 2 aromatic carbocycles. The van der Waals surface area contributed by atoms with Crippen molar-refractivity contribution < 1.29 is 19.1 Å². The number of likely N-dealkylation sites (N-methyl/N-ethyl adjacent to an activating group) is 1. The van der Waals surface area contributed by atoms with E-state index < -0.39 is 11.0 Å². The molecule has 1 saturated heterocycles. The maximum Gasteiger partial charge on any atom is 0.303 e. The predicted octanol–water partition coefficient (Wildman–Crippen LogP) is 4.97. The van der Waals surface area contributed by atoms with Crippen LogP contribution in [0.5, 0.6) is 5.75 Å². The Morgan fingerprint density at radius 1 is 1.24 bits per heavy atom. The third-order valence-corrected chi connectivity index (χ3v) is 10.1. The van der Waals surface area contributed by atoms with Gasteiger partial charge in [-0.2, -0.15) is 0 Å². The van der Waals surface area contributed by atoms with E-state index in [-0.39, 0.29) is 36.5 Å². The van der Waals surface area contributed by atoms with Crippen molar-refractivity contribution in [3.63, 3.8) is 0 Å². The molecule has 2 aliphatic carbocycles. The number of ether oxygens (including phenoxy) is 2. The number of carbonyl (C=O) groups excluding carboxylic acids is 2. The fraction of sp³-hybridized carbons (Fsp3) is 0.467. The summed E-state index contributed by atoms with van der Waals surface area (Å²) in [5.41, 5.74) is 1.99. The summed E-state index contributed by atoms with van der Waals surface area (Å²) >= 11 is 12.3. The number of hydrogen-bond donors (Lipinski definition) is 0. The normalized spacial score (nSPS) is 30.7. The van der Waals surface area contributed by atoms with Gasteiger partial charge in [0.15, 0.2) is 0 Å². The van der Waals surface area contributed by atoms with Crippen LogP contribution in [0.25, 0.3) is 0 Å². The van der Waals surface area contributed by atoms with Crippen molar-refractivity contribution >= 4 is 35.1 Å². The molecule has 0 N–H and O–H groups in total. The lowest BCUT2D eigenvalue weighted by Crippen LogP contribution is -2.79. The largest absolute Gasteiger partial charge is 0.487 e. The molecule has 1 amide bonds. The molecule has 1 spiro atoms.